The predicted molar refractivity (Wildman–Crippen MR) is 62.6 cm³/mol. The van der Waals surface area contributed by atoms with Gasteiger partial charge in [0.2, 0.25) is 0 Å². The molecule has 14 heavy (non-hydrogen) atoms. The van der Waals surface area contributed by atoms with Gasteiger partial charge in [-0.3, -0.25) is 4.98 Å². The molecule has 0 fully saturated rings. The second-order valence-electron chi connectivity index (χ2n) is 3.36. The van der Waals surface area contributed by atoms with E-state index in [0.717, 1.165) is 12.1 Å². The van der Waals surface area contributed by atoms with Crippen molar-refractivity contribution in [3.63, 3.8) is 0 Å². The lowest BCUT2D eigenvalue weighted by molar-refractivity contribution is 0.571. The summed E-state index contributed by atoms with van der Waals surface area (Å²) in [6, 6.07) is 6.02. The standard InChI is InChI=1S/C11H18N2.ClH/c1-2-3-4-7-10(12)11-8-5-6-9-13-11;/h5-6,8-10H,2-4,7,12H2,1H3;1H. The summed E-state index contributed by atoms with van der Waals surface area (Å²) >= 11 is 0. The molecular formula is C11H19ClN2. The highest BCUT2D eigenvalue weighted by Gasteiger charge is 2.04. The van der Waals surface area contributed by atoms with Gasteiger partial charge < -0.3 is 5.73 Å². The molecule has 1 rings (SSSR count). The van der Waals surface area contributed by atoms with E-state index in [2.05, 4.69) is 11.9 Å². The summed E-state index contributed by atoms with van der Waals surface area (Å²) in [7, 11) is 0. The number of rotatable bonds is 5. The van der Waals surface area contributed by atoms with Gasteiger partial charge in [-0.2, -0.15) is 0 Å². The summed E-state index contributed by atoms with van der Waals surface area (Å²) in [4.78, 5) is 4.23. The third-order valence-corrected chi connectivity index (χ3v) is 2.19. The van der Waals surface area contributed by atoms with E-state index in [4.69, 9.17) is 5.73 Å². The lowest BCUT2D eigenvalue weighted by atomic mass is 10.1. The molecule has 0 saturated heterocycles. The van der Waals surface area contributed by atoms with E-state index in [9.17, 15) is 0 Å². The van der Waals surface area contributed by atoms with Crippen molar-refractivity contribution in [3.05, 3.63) is 30.1 Å². The number of nitrogens with two attached hydrogens (primary N) is 1. The third-order valence-electron chi connectivity index (χ3n) is 2.19. The van der Waals surface area contributed by atoms with Gasteiger partial charge in [0.25, 0.3) is 0 Å². The fourth-order valence-corrected chi connectivity index (χ4v) is 1.36. The Hall–Kier alpha value is -0.600. The highest BCUT2D eigenvalue weighted by atomic mass is 35.5. The predicted octanol–water partition coefficient (Wildman–Crippen LogP) is 3.08. The molecule has 1 aromatic rings. The molecule has 0 radical (unpaired) electrons. The minimum atomic E-state index is 0. The van der Waals surface area contributed by atoms with Crippen LogP contribution in [0.25, 0.3) is 0 Å². The summed E-state index contributed by atoms with van der Waals surface area (Å²) < 4.78 is 0. The first-order valence-electron chi connectivity index (χ1n) is 5.01. The Bertz CT molecular complexity index is 226. The van der Waals surface area contributed by atoms with Crippen molar-refractivity contribution in [2.75, 3.05) is 0 Å². The van der Waals surface area contributed by atoms with Crippen LogP contribution in [0.15, 0.2) is 24.4 Å². The molecule has 80 valence electrons. The SMILES string of the molecule is CCCCCC(N)c1ccccn1.Cl. The van der Waals surface area contributed by atoms with Crippen LogP contribution in [0.5, 0.6) is 0 Å². The Morgan fingerprint density at radius 3 is 2.71 bits per heavy atom. The van der Waals surface area contributed by atoms with Crippen LogP contribution in [0.3, 0.4) is 0 Å². The quantitative estimate of drug-likeness (QED) is 0.766. The van der Waals surface area contributed by atoms with Crippen molar-refractivity contribution in [2.24, 2.45) is 5.73 Å². The van der Waals surface area contributed by atoms with Gasteiger partial charge in [-0.05, 0) is 18.6 Å². The van der Waals surface area contributed by atoms with E-state index in [1.54, 1.807) is 6.20 Å². The average Bonchev–Trinajstić information content (AvgIpc) is 2.19. The van der Waals surface area contributed by atoms with Crippen LogP contribution < -0.4 is 5.73 Å². The molecule has 0 spiro atoms. The van der Waals surface area contributed by atoms with Crippen molar-refractivity contribution in [2.45, 2.75) is 38.6 Å². The molecule has 2 nitrogen and oxygen atoms in total. The lowest BCUT2D eigenvalue weighted by Crippen LogP contribution is -2.11. The Balaban J connectivity index is 0.00000169. The third kappa shape index (κ3) is 4.58. The first-order valence-corrected chi connectivity index (χ1v) is 5.01. The van der Waals surface area contributed by atoms with Crippen molar-refractivity contribution in [1.29, 1.82) is 0 Å². The highest BCUT2D eigenvalue weighted by Crippen LogP contribution is 2.14. The van der Waals surface area contributed by atoms with Gasteiger partial charge in [-0.1, -0.05) is 32.3 Å². The van der Waals surface area contributed by atoms with Gasteiger partial charge in [-0.25, -0.2) is 0 Å². The maximum Gasteiger partial charge on any atom is 0.0570 e. The van der Waals surface area contributed by atoms with Crippen LogP contribution in [0, 0.1) is 0 Å². The van der Waals surface area contributed by atoms with Crippen molar-refractivity contribution in [3.8, 4) is 0 Å². The van der Waals surface area contributed by atoms with Crippen molar-refractivity contribution in [1.82, 2.24) is 4.98 Å². The van der Waals surface area contributed by atoms with Crippen LogP contribution in [0.4, 0.5) is 0 Å². The van der Waals surface area contributed by atoms with E-state index >= 15 is 0 Å². The largest absolute Gasteiger partial charge is 0.323 e. The van der Waals surface area contributed by atoms with Gasteiger partial charge in [0.15, 0.2) is 0 Å². The maximum atomic E-state index is 5.97. The van der Waals surface area contributed by atoms with E-state index in [0.29, 0.717) is 0 Å². The van der Waals surface area contributed by atoms with Crippen LogP contribution in [0.1, 0.15) is 44.3 Å². The van der Waals surface area contributed by atoms with Crippen molar-refractivity contribution < 1.29 is 0 Å². The number of halogens is 1. The number of hydrogen-bond donors (Lipinski definition) is 1. The Morgan fingerprint density at radius 2 is 2.14 bits per heavy atom. The Kier molecular flexibility index (Phi) is 7.44. The summed E-state index contributed by atoms with van der Waals surface area (Å²) in [5.41, 5.74) is 6.99. The summed E-state index contributed by atoms with van der Waals surface area (Å²) in [5.74, 6) is 0. The van der Waals surface area contributed by atoms with E-state index < -0.39 is 0 Å². The zero-order valence-electron chi connectivity index (χ0n) is 8.65. The molecule has 0 aromatic carbocycles. The molecule has 0 bridgehead atoms. The fourth-order valence-electron chi connectivity index (χ4n) is 1.36. The number of aromatic nitrogens is 1. The molecule has 0 saturated carbocycles. The number of unbranched alkanes of at least 4 members (excludes halogenated alkanes) is 2. The van der Waals surface area contributed by atoms with E-state index in [1.807, 2.05) is 18.2 Å². The maximum absolute atomic E-state index is 5.97. The second kappa shape index (κ2) is 7.77. The number of nitrogens with zero attached hydrogens (tertiary/aromatic N) is 1. The first-order chi connectivity index (χ1) is 6.34. The molecule has 1 heterocycles. The van der Waals surface area contributed by atoms with Crippen LogP contribution in [-0.2, 0) is 0 Å². The minimum Gasteiger partial charge on any atom is -0.323 e. The van der Waals surface area contributed by atoms with Crippen LogP contribution >= 0.6 is 12.4 Å². The zero-order chi connectivity index (χ0) is 9.52. The highest BCUT2D eigenvalue weighted by molar-refractivity contribution is 5.85. The smallest absolute Gasteiger partial charge is 0.0570 e. The van der Waals surface area contributed by atoms with Gasteiger partial charge in [-0.15, -0.1) is 12.4 Å². The molecule has 0 aliphatic rings. The molecule has 1 atom stereocenters. The Morgan fingerprint density at radius 1 is 1.36 bits per heavy atom. The van der Waals surface area contributed by atoms with Gasteiger partial charge in [0.05, 0.1) is 5.69 Å². The van der Waals surface area contributed by atoms with Gasteiger partial charge >= 0.3 is 0 Å². The summed E-state index contributed by atoms with van der Waals surface area (Å²) in [6.45, 7) is 2.20. The molecular weight excluding hydrogens is 196 g/mol. The minimum absolute atomic E-state index is 0. The van der Waals surface area contributed by atoms with Gasteiger partial charge in [0, 0.05) is 12.2 Å². The fraction of sp³-hybridized carbons (Fsp3) is 0.545. The summed E-state index contributed by atoms with van der Waals surface area (Å²) in [6.07, 6.45) is 6.56. The number of hydrogen-bond acceptors (Lipinski definition) is 2. The topological polar surface area (TPSA) is 38.9 Å². The lowest BCUT2D eigenvalue weighted by Gasteiger charge is -2.09. The molecule has 1 unspecified atom stereocenters. The van der Waals surface area contributed by atoms with Crippen molar-refractivity contribution >= 4 is 12.4 Å². The Labute approximate surface area is 92.3 Å². The molecule has 0 aliphatic carbocycles. The van der Waals surface area contributed by atoms with Crippen LogP contribution in [-0.4, -0.2) is 4.98 Å². The zero-order valence-corrected chi connectivity index (χ0v) is 9.46. The molecule has 1 aromatic heterocycles. The van der Waals surface area contributed by atoms with E-state index in [1.165, 1.54) is 19.3 Å². The molecule has 0 amide bonds. The number of pyridine rings is 1. The first kappa shape index (κ1) is 13.4. The molecule has 0 aliphatic heterocycles. The van der Waals surface area contributed by atoms with Gasteiger partial charge in [0.1, 0.15) is 0 Å². The monoisotopic (exact) mass is 214 g/mol. The van der Waals surface area contributed by atoms with Crippen LogP contribution in [0.2, 0.25) is 0 Å². The molecule has 2 N–H and O–H groups in total. The average molecular weight is 215 g/mol. The van der Waals surface area contributed by atoms with E-state index in [-0.39, 0.29) is 18.4 Å². The molecule has 3 heteroatoms. The summed E-state index contributed by atoms with van der Waals surface area (Å²) in [5, 5.41) is 0. The second-order valence-corrected chi connectivity index (χ2v) is 3.36. The normalized spacial score (nSPS) is 11.9.